The molecule has 2 aromatic carbocycles. The average molecular weight is 892 g/mol. The number of imidazole rings is 1. The van der Waals surface area contributed by atoms with Gasteiger partial charge in [0, 0.05) is 11.6 Å². The first kappa shape index (κ1) is 44.0. The van der Waals surface area contributed by atoms with E-state index in [4.69, 9.17) is 15.0 Å². The van der Waals surface area contributed by atoms with Crippen LogP contribution >= 0.6 is 15.6 Å². The highest BCUT2D eigenvalue weighted by molar-refractivity contribution is 7.60. The van der Waals surface area contributed by atoms with Crippen molar-refractivity contribution in [2.45, 2.75) is 69.8 Å². The lowest BCUT2D eigenvalue weighted by molar-refractivity contribution is -0.652. The number of fused-ring (bicyclic) bond motifs is 3. The van der Waals surface area contributed by atoms with Crippen molar-refractivity contribution in [3.05, 3.63) is 86.6 Å². The summed E-state index contributed by atoms with van der Waals surface area (Å²) in [6, 6.07) is 9.62. The molecule has 0 aliphatic carbocycles. The first-order valence-electron chi connectivity index (χ1n) is 18.1. The number of hydrogen-bond acceptors (Lipinski definition) is 20. The van der Waals surface area contributed by atoms with Gasteiger partial charge in [0.2, 0.25) is 11.3 Å². The summed E-state index contributed by atoms with van der Waals surface area (Å²) in [5.74, 6) is -0.186. The Labute approximate surface area is 342 Å². The fourth-order valence-electron chi connectivity index (χ4n) is 6.76. The molecule has 25 nitrogen and oxygen atoms in total. The lowest BCUT2D eigenvalue weighted by Crippen LogP contribution is -2.48. The Morgan fingerprint density at radius 1 is 1.02 bits per heavy atom. The number of phenols is 1. The molecule has 9 unspecified atom stereocenters. The van der Waals surface area contributed by atoms with Gasteiger partial charge in [-0.15, -0.1) is 0 Å². The van der Waals surface area contributed by atoms with E-state index < -0.39 is 89.5 Å². The normalized spacial score (nSPS) is 21.7. The molecule has 0 radical (unpaired) electrons. The van der Waals surface area contributed by atoms with Crippen molar-refractivity contribution in [3.63, 3.8) is 0 Å². The van der Waals surface area contributed by atoms with Crippen LogP contribution in [0.2, 0.25) is 0 Å². The zero-order valence-electron chi connectivity index (χ0n) is 31.9. The Balaban J connectivity index is 1.02. The van der Waals surface area contributed by atoms with Gasteiger partial charge in [-0.05, 0) is 55.3 Å². The van der Waals surface area contributed by atoms with Crippen molar-refractivity contribution in [3.8, 4) is 17.3 Å². The number of aryl methyl sites for hydroxylation is 2. The molecule has 3 aliphatic heterocycles. The first-order valence-corrected chi connectivity index (χ1v) is 21.1. The molecule has 0 amide bonds. The van der Waals surface area contributed by atoms with Crippen LogP contribution in [0.3, 0.4) is 0 Å². The second kappa shape index (κ2) is 17.0. The van der Waals surface area contributed by atoms with Crippen molar-refractivity contribution >= 4 is 43.7 Å². The summed E-state index contributed by atoms with van der Waals surface area (Å²) in [7, 11) is -11.4. The standard InChI is InChI=1S/C34H39N9O16P2/c1-15-7-19-20(8-16(15)2)42(31-25(32(50)40-34(51)39-31)41(19)9-17-3-5-18(44)6-4-17)10-21(45)26(47)22(46)11-56-60(52,53)59-61(54,55)57-12-23-27(48)28(49)33(58-23)43-14-38-24-29(35)36-13-37-30(24)43/h3-8,13-14,21-23,26-28,33,45-49H,9-12H2,1-2H3,(H5-,35,36,37,40,44,50,51,52,53,54,55). The molecular formula is C34H39N9O16P2. The van der Waals surface area contributed by atoms with Gasteiger partial charge in [0.25, 0.3) is 7.82 Å². The minimum absolute atomic E-state index is 0.0117. The van der Waals surface area contributed by atoms with E-state index in [0.29, 0.717) is 16.6 Å². The van der Waals surface area contributed by atoms with Crippen LogP contribution in [0.4, 0.5) is 5.82 Å². The number of rotatable bonds is 15. The molecule has 61 heavy (non-hydrogen) atoms. The fourth-order valence-corrected chi connectivity index (χ4v) is 8.82. The number of nitrogens with one attached hydrogen (secondary N) is 1. The first-order chi connectivity index (χ1) is 28.7. The zero-order chi connectivity index (χ0) is 44.1. The minimum Gasteiger partial charge on any atom is -0.756 e. The molecule has 1 fully saturated rings. The van der Waals surface area contributed by atoms with E-state index in [1.54, 1.807) is 35.8 Å². The van der Waals surface area contributed by atoms with E-state index in [0.717, 1.165) is 17.5 Å². The van der Waals surface area contributed by atoms with E-state index in [2.05, 4.69) is 33.8 Å². The van der Waals surface area contributed by atoms with Gasteiger partial charge in [-0.2, -0.15) is 9.55 Å². The third-order valence-corrected chi connectivity index (χ3v) is 12.6. The highest BCUT2D eigenvalue weighted by Crippen LogP contribution is 2.58. The summed E-state index contributed by atoms with van der Waals surface area (Å²) in [6.07, 6.45) is -10.3. The number of phosphoric acid groups is 2. The third-order valence-electron chi connectivity index (χ3n) is 9.99. The largest absolute Gasteiger partial charge is 0.756 e. The Kier molecular flexibility index (Phi) is 12.2. The maximum atomic E-state index is 13.4. The molecule has 4 aromatic rings. The number of H-pyrrole nitrogens is 1. The number of phenolic OH excluding ortho intramolecular Hbond substituents is 1. The summed E-state index contributed by atoms with van der Waals surface area (Å²) in [4.78, 5) is 66.6. The van der Waals surface area contributed by atoms with Gasteiger partial charge in [0.05, 0.1) is 26.1 Å². The molecule has 1 saturated heterocycles. The van der Waals surface area contributed by atoms with E-state index >= 15 is 0 Å². The number of hydrogen-bond donors (Lipinski definition) is 9. The summed E-state index contributed by atoms with van der Waals surface area (Å²) >= 11 is 0. The van der Waals surface area contributed by atoms with E-state index in [1.807, 2.05) is 6.92 Å². The fraction of sp³-hybridized carbons (Fsp3) is 0.382. The number of aromatic nitrogens is 8. The molecule has 7 rings (SSSR count). The van der Waals surface area contributed by atoms with Crippen molar-refractivity contribution in [2.24, 2.45) is 0 Å². The molecule has 10 N–H and O–H groups in total. The predicted octanol–water partition coefficient (Wildman–Crippen LogP) is -2.41. The van der Waals surface area contributed by atoms with Crippen LogP contribution < -0.4 is 26.4 Å². The zero-order valence-corrected chi connectivity index (χ0v) is 33.7. The number of ether oxygens (including phenoxy) is 1. The molecule has 0 bridgehead atoms. The van der Waals surface area contributed by atoms with Gasteiger partial charge in [0.1, 0.15) is 59.7 Å². The van der Waals surface area contributed by atoms with Crippen LogP contribution in [0.5, 0.6) is 5.75 Å². The maximum absolute atomic E-state index is 13.4. The SMILES string of the molecule is Cc1cc2c(cc1C)[n+](Cc1ccc(O)cc1)c1c(=O)[nH]c(=O)nc-1n2CC(O)C(O)C(O)COP(=O)([O-])OP(=O)(O)OCC1OC(n2cnc3c(N)ncnc32)C(O)C1O. The third kappa shape index (κ3) is 9.10. The van der Waals surface area contributed by atoms with Gasteiger partial charge in [-0.1, -0.05) is 0 Å². The number of aromatic amines is 1. The highest BCUT2D eigenvalue weighted by atomic mass is 31.3. The van der Waals surface area contributed by atoms with E-state index in [9.17, 15) is 59.1 Å². The van der Waals surface area contributed by atoms with Crippen LogP contribution in [0.25, 0.3) is 33.7 Å². The number of benzene rings is 2. The number of phosphoric ester groups is 2. The van der Waals surface area contributed by atoms with Crippen molar-refractivity contribution in [1.82, 2.24) is 34.1 Å². The van der Waals surface area contributed by atoms with Gasteiger partial charge < -0.3 is 60.0 Å². The van der Waals surface area contributed by atoms with E-state index in [1.165, 1.54) is 27.6 Å². The molecule has 0 saturated carbocycles. The molecular weight excluding hydrogens is 852 g/mol. The van der Waals surface area contributed by atoms with Crippen LogP contribution in [0.1, 0.15) is 22.9 Å². The number of aliphatic hydroxyl groups is 5. The van der Waals surface area contributed by atoms with Gasteiger partial charge in [0.15, 0.2) is 24.2 Å². The molecule has 9 atom stereocenters. The highest BCUT2D eigenvalue weighted by Gasteiger charge is 2.46. The van der Waals surface area contributed by atoms with Gasteiger partial charge in [-0.3, -0.25) is 23.4 Å². The van der Waals surface area contributed by atoms with Crippen LogP contribution in [-0.4, -0.2) is 119 Å². The number of nitrogens with zero attached hydrogens (tertiary/aromatic N) is 7. The number of nitrogen functional groups attached to an aromatic ring is 1. The summed E-state index contributed by atoms with van der Waals surface area (Å²) in [5.41, 5.74) is 7.07. The van der Waals surface area contributed by atoms with Crippen LogP contribution in [0.15, 0.2) is 58.6 Å². The van der Waals surface area contributed by atoms with Crippen molar-refractivity contribution < 1.29 is 72.2 Å². The lowest BCUT2D eigenvalue weighted by atomic mass is 10.1. The number of aromatic hydroxyl groups is 1. The lowest BCUT2D eigenvalue weighted by Gasteiger charge is -2.29. The number of anilines is 1. The van der Waals surface area contributed by atoms with E-state index in [-0.39, 0.29) is 40.8 Å². The molecule has 0 spiro atoms. The van der Waals surface area contributed by atoms with Gasteiger partial charge in [-0.25, -0.2) is 28.6 Å². The minimum atomic E-state index is -5.84. The quantitative estimate of drug-likeness (QED) is 0.0294. The number of nitrogens with two attached hydrogens (primary N) is 1. The predicted molar refractivity (Wildman–Crippen MR) is 204 cm³/mol. The Morgan fingerprint density at radius 2 is 1.72 bits per heavy atom. The smallest absolute Gasteiger partial charge is 0.478 e. The average Bonchev–Trinajstić information content (AvgIpc) is 3.75. The summed E-state index contributed by atoms with van der Waals surface area (Å²) in [6.45, 7) is 0.732. The Morgan fingerprint density at radius 3 is 2.44 bits per heavy atom. The van der Waals surface area contributed by atoms with Crippen molar-refractivity contribution in [1.29, 1.82) is 0 Å². The molecule has 326 valence electrons. The molecule has 5 heterocycles. The second-order valence-electron chi connectivity index (χ2n) is 14.2. The molecule has 2 aromatic heterocycles. The van der Waals surface area contributed by atoms with Crippen LogP contribution in [-0.2, 0) is 40.3 Å². The Hall–Kier alpha value is -5.11. The number of aliphatic hydroxyl groups excluding tert-OH is 5. The monoisotopic (exact) mass is 891 g/mol. The maximum Gasteiger partial charge on any atom is 0.478 e. The second-order valence-corrected chi connectivity index (χ2v) is 17.2. The topological polar surface area (TPSA) is 377 Å². The molecule has 3 aliphatic rings. The van der Waals surface area contributed by atoms with Crippen molar-refractivity contribution in [2.75, 3.05) is 18.9 Å². The Bertz CT molecular complexity index is 2790. The van der Waals surface area contributed by atoms with Crippen LogP contribution in [0, 0.1) is 13.8 Å². The van der Waals surface area contributed by atoms with Gasteiger partial charge >= 0.3 is 24.8 Å². The summed E-state index contributed by atoms with van der Waals surface area (Å²) < 4.78 is 48.3. The summed E-state index contributed by atoms with van der Waals surface area (Å²) in [5, 5.41) is 63.7. The molecule has 27 heteroatoms.